The minimum atomic E-state index is 0.199. The van der Waals surface area contributed by atoms with Crippen LogP contribution in [0.15, 0.2) is 0 Å². The van der Waals surface area contributed by atoms with Crippen molar-refractivity contribution in [1.82, 2.24) is 0 Å². The Bertz CT molecular complexity index is 210. The first kappa shape index (κ1) is 14.2. The molecule has 86 valence electrons. The Morgan fingerprint density at radius 2 is 1.80 bits per heavy atom. The number of ketones is 1. The summed E-state index contributed by atoms with van der Waals surface area (Å²) in [7, 11) is 0. The summed E-state index contributed by atoms with van der Waals surface area (Å²) in [5.74, 6) is 6.24. The first-order valence-corrected chi connectivity index (χ1v) is 5.89. The minimum Gasteiger partial charge on any atom is -0.396 e. The Morgan fingerprint density at radius 1 is 1.07 bits per heavy atom. The van der Waals surface area contributed by atoms with E-state index in [0.717, 1.165) is 32.1 Å². The molecule has 15 heavy (non-hydrogen) atoms. The third-order valence-corrected chi connectivity index (χ3v) is 2.17. The summed E-state index contributed by atoms with van der Waals surface area (Å²) in [5.41, 5.74) is 0. The van der Waals surface area contributed by atoms with E-state index in [4.69, 9.17) is 5.11 Å². The highest BCUT2D eigenvalue weighted by molar-refractivity contribution is 5.78. The molecule has 1 N–H and O–H groups in total. The van der Waals surface area contributed by atoms with Crippen LogP contribution in [0.25, 0.3) is 0 Å². The lowest BCUT2D eigenvalue weighted by molar-refractivity contribution is -0.119. The first-order valence-electron chi connectivity index (χ1n) is 5.89. The number of Topliss-reactive ketones (excluding diaryl/α,β-unsaturated/α-hetero) is 1. The van der Waals surface area contributed by atoms with Gasteiger partial charge in [-0.2, -0.15) is 0 Å². The zero-order valence-corrected chi connectivity index (χ0v) is 9.72. The highest BCUT2D eigenvalue weighted by atomic mass is 16.2. The van der Waals surface area contributed by atoms with E-state index in [9.17, 15) is 4.79 Å². The third-order valence-electron chi connectivity index (χ3n) is 2.17. The van der Waals surface area contributed by atoms with Gasteiger partial charge in [-0.25, -0.2) is 0 Å². The van der Waals surface area contributed by atoms with E-state index in [1.165, 1.54) is 0 Å². The number of hydrogen-bond acceptors (Lipinski definition) is 2. The molecule has 0 bridgehead atoms. The Labute approximate surface area is 93.1 Å². The Balaban J connectivity index is 3.32. The van der Waals surface area contributed by atoms with Gasteiger partial charge >= 0.3 is 0 Å². The molecule has 0 fully saturated rings. The molecule has 0 aliphatic heterocycles. The molecule has 0 aromatic heterocycles. The average Bonchev–Trinajstić information content (AvgIpc) is 2.23. The van der Waals surface area contributed by atoms with E-state index < -0.39 is 0 Å². The van der Waals surface area contributed by atoms with Gasteiger partial charge in [0, 0.05) is 32.3 Å². The van der Waals surface area contributed by atoms with Crippen molar-refractivity contribution in [3.05, 3.63) is 0 Å². The fraction of sp³-hybridized carbons (Fsp3) is 0.769. The molecule has 0 rings (SSSR count). The van der Waals surface area contributed by atoms with Gasteiger partial charge in [-0.05, 0) is 12.8 Å². The molecule has 0 aliphatic rings. The van der Waals surface area contributed by atoms with Crippen molar-refractivity contribution in [2.75, 3.05) is 6.61 Å². The summed E-state index contributed by atoms with van der Waals surface area (Å²) >= 11 is 0. The first-order chi connectivity index (χ1) is 7.31. The SMILES string of the molecule is CCCCCC(=O)CCC#CCCCO. The maximum Gasteiger partial charge on any atom is 0.133 e. The van der Waals surface area contributed by atoms with Crippen LogP contribution in [0.4, 0.5) is 0 Å². The predicted octanol–water partition coefficient (Wildman–Crippen LogP) is 2.69. The lowest BCUT2D eigenvalue weighted by Gasteiger charge is -1.96. The minimum absolute atomic E-state index is 0.199. The Kier molecular flexibility index (Phi) is 10.7. The molecule has 0 unspecified atom stereocenters. The molecule has 2 nitrogen and oxygen atoms in total. The van der Waals surface area contributed by atoms with Gasteiger partial charge < -0.3 is 5.11 Å². The van der Waals surface area contributed by atoms with E-state index >= 15 is 0 Å². The summed E-state index contributed by atoms with van der Waals surface area (Å²) in [6, 6.07) is 0. The number of aliphatic hydroxyl groups is 1. The molecule has 0 atom stereocenters. The number of rotatable bonds is 8. The van der Waals surface area contributed by atoms with Gasteiger partial charge in [0.25, 0.3) is 0 Å². The van der Waals surface area contributed by atoms with E-state index in [2.05, 4.69) is 18.8 Å². The Hall–Kier alpha value is -0.810. The van der Waals surface area contributed by atoms with Crippen molar-refractivity contribution in [3.63, 3.8) is 0 Å². The van der Waals surface area contributed by atoms with Crippen LogP contribution in [0.5, 0.6) is 0 Å². The zero-order valence-electron chi connectivity index (χ0n) is 9.72. The third kappa shape index (κ3) is 11.1. The summed E-state index contributed by atoms with van der Waals surface area (Å²) in [6.07, 6.45) is 6.78. The van der Waals surface area contributed by atoms with Gasteiger partial charge in [0.05, 0.1) is 0 Å². The molecule has 0 aliphatic carbocycles. The van der Waals surface area contributed by atoms with Crippen LogP contribution in [0.2, 0.25) is 0 Å². The van der Waals surface area contributed by atoms with Gasteiger partial charge in [-0.3, -0.25) is 4.79 Å². The topological polar surface area (TPSA) is 37.3 Å². The summed E-state index contributed by atoms with van der Waals surface area (Å²) < 4.78 is 0. The number of hydrogen-bond donors (Lipinski definition) is 1. The van der Waals surface area contributed by atoms with Crippen LogP contribution >= 0.6 is 0 Å². The number of unbranched alkanes of at least 4 members (excludes halogenated alkanes) is 3. The highest BCUT2D eigenvalue weighted by Gasteiger charge is 1.99. The van der Waals surface area contributed by atoms with Crippen LogP contribution in [0.3, 0.4) is 0 Å². The second-order valence-corrected chi connectivity index (χ2v) is 3.68. The van der Waals surface area contributed by atoms with Crippen molar-refractivity contribution in [2.24, 2.45) is 0 Å². The molecule has 0 saturated heterocycles. The zero-order chi connectivity index (χ0) is 11.4. The smallest absolute Gasteiger partial charge is 0.133 e. The van der Waals surface area contributed by atoms with Crippen molar-refractivity contribution < 1.29 is 9.90 Å². The average molecular weight is 210 g/mol. The Morgan fingerprint density at radius 3 is 2.47 bits per heavy atom. The van der Waals surface area contributed by atoms with Gasteiger partial charge in [-0.15, -0.1) is 11.8 Å². The number of carbonyl (C=O) groups is 1. The normalized spacial score (nSPS) is 9.47. The molecular weight excluding hydrogens is 188 g/mol. The molecule has 0 saturated carbocycles. The van der Waals surface area contributed by atoms with E-state index in [-0.39, 0.29) is 6.61 Å². The van der Waals surface area contributed by atoms with Gasteiger partial charge in [-0.1, -0.05) is 19.8 Å². The lowest BCUT2D eigenvalue weighted by atomic mass is 10.1. The largest absolute Gasteiger partial charge is 0.396 e. The molecule has 0 amide bonds. The molecule has 0 radical (unpaired) electrons. The molecule has 2 heteroatoms. The molecule has 0 aromatic rings. The lowest BCUT2D eigenvalue weighted by Crippen LogP contribution is -1.96. The van der Waals surface area contributed by atoms with Crippen molar-refractivity contribution in [2.45, 2.75) is 58.3 Å². The predicted molar refractivity (Wildman–Crippen MR) is 62.5 cm³/mol. The van der Waals surface area contributed by atoms with Crippen LogP contribution in [0.1, 0.15) is 58.3 Å². The van der Waals surface area contributed by atoms with Gasteiger partial charge in [0.15, 0.2) is 0 Å². The molecular formula is C13H22O2. The van der Waals surface area contributed by atoms with Crippen LogP contribution in [-0.2, 0) is 4.79 Å². The second kappa shape index (κ2) is 11.3. The summed E-state index contributed by atoms with van der Waals surface area (Å²) in [4.78, 5) is 11.3. The monoisotopic (exact) mass is 210 g/mol. The van der Waals surface area contributed by atoms with Crippen molar-refractivity contribution in [1.29, 1.82) is 0 Å². The fourth-order valence-electron chi connectivity index (χ4n) is 1.24. The fourth-order valence-corrected chi connectivity index (χ4v) is 1.24. The molecule has 0 heterocycles. The van der Waals surface area contributed by atoms with Crippen LogP contribution in [-0.4, -0.2) is 17.5 Å². The molecule has 0 aromatic carbocycles. The van der Waals surface area contributed by atoms with Crippen LogP contribution < -0.4 is 0 Å². The van der Waals surface area contributed by atoms with Gasteiger partial charge in [0.2, 0.25) is 0 Å². The van der Waals surface area contributed by atoms with Crippen molar-refractivity contribution >= 4 is 5.78 Å². The standard InChI is InChI=1S/C13H22O2/c1-2-3-7-10-13(15)11-8-5-4-6-9-12-14/h14H,2-3,6-12H2,1H3. The number of aliphatic hydroxyl groups excluding tert-OH is 1. The van der Waals surface area contributed by atoms with E-state index in [1.807, 2.05) is 0 Å². The maximum absolute atomic E-state index is 11.3. The van der Waals surface area contributed by atoms with E-state index in [0.29, 0.717) is 25.0 Å². The van der Waals surface area contributed by atoms with E-state index in [1.54, 1.807) is 0 Å². The van der Waals surface area contributed by atoms with Crippen molar-refractivity contribution in [3.8, 4) is 11.8 Å². The molecule has 0 spiro atoms. The maximum atomic E-state index is 11.3. The summed E-state index contributed by atoms with van der Waals surface area (Å²) in [5, 5.41) is 8.51. The number of carbonyl (C=O) groups excluding carboxylic acids is 1. The summed E-state index contributed by atoms with van der Waals surface area (Å²) in [6.45, 7) is 2.34. The second-order valence-electron chi connectivity index (χ2n) is 3.68. The quantitative estimate of drug-likeness (QED) is 0.494. The van der Waals surface area contributed by atoms with Gasteiger partial charge in [0.1, 0.15) is 5.78 Å². The van der Waals surface area contributed by atoms with Crippen LogP contribution in [0, 0.1) is 11.8 Å². The highest BCUT2D eigenvalue weighted by Crippen LogP contribution is 2.03.